The molecule has 1 aromatic rings. The second kappa shape index (κ2) is 5.78. The summed E-state index contributed by atoms with van der Waals surface area (Å²) in [5, 5.41) is 3.78. The van der Waals surface area contributed by atoms with Crippen LogP contribution in [0.3, 0.4) is 0 Å². The topological polar surface area (TPSA) is 24.9 Å². The number of nitrogens with zero attached hydrogens (tertiary/aromatic N) is 1. The first kappa shape index (κ1) is 12.9. The normalized spacial score (nSPS) is 11.5. The molecule has 84 valence electrons. The summed E-state index contributed by atoms with van der Waals surface area (Å²) >= 11 is 17.8. The lowest BCUT2D eigenvalue weighted by atomic mass is 10.0. The predicted octanol–water partition coefficient (Wildman–Crippen LogP) is 3.77. The van der Waals surface area contributed by atoms with E-state index in [1.165, 1.54) is 0 Å². The van der Waals surface area contributed by atoms with Gasteiger partial charge in [-0.15, -0.1) is 23.2 Å². The SMILES string of the molecule is CCC(CCl)(CCl)Nc1ncccc1Cl. The monoisotopic (exact) mass is 266 g/mol. The molecule has 0 saturated heterocycles. The van der Waals surface area contributed by atoms with Crippen LogP contribution in [0.15, 0.2) is 18.3 Å². The van der Waals surface area contributed by atoms with Crippen molar-refractivity contribution in [3.8, 4) is 0 Å². The number of alkyl halides is 2. The highest BCUT2D eigenvalue weighted by atomic mass is 35.5. The summed E-state index contributed by atoms with van der Waals surface area (Å²) in [5.74, 6) is 1.46. The first-order valence-electron chi connectivity index (χ1n) is 4.68. The minimum Gasteiger partial charge on any atom is -0.361 e. The molecule has 0 unspecified atom stereocenters. The highest BCUT2D eigenvalue weighted by molar-refractivity contribution is 6.33. The summed E-state index contributed by atoms with van der Waals surface area (Å²) in [6.07, 6.45) is 2.49. The molecule has 0 aliphatic heterocycles. The predicted molar refractivity (Wildman–Crippen MR) is 67.3 cm³/mol. The number of aromatic nitrogens is 1. The highest BCUT2D eigenvalue weighted by Crippen LogP contribution is 2.25. The van der Waals surface area contributed by atoms with Crippen LogP contribution in [-0.2, 0) is 0 Å². The minimum absolute atomic E-state index is 0.346. The molecule has 0 atom stereocenters. The molecule has 5 heteroatoms. The molecule has 0 saturated carbocycles. The van der Waals surface area contributed by atoms with Crippen LogP contribution < -0.4 is 5.32 Å². The van der Waals surface area contributed by atoms with Crippen molar-refractivity contribution in [3.05, 3.63) is 23.4 Å². The quantitative estimate of drug-likeness (QED) is 0.822. The Bertz CT molecular complexity index is 305. The van der Waals surface area contributed by atoms with E-state index in [2.05, 4.69) is 10.3 Å². The number of hydrogen-bond acceptors (Lipinski definition) is 2. The van der Waals surface area contributed by atoms with Crippen molar-refractivity contribution in [2.24, 2.45) is 0 Å². The van der Waals surface area contributed by atoms with Crippen LogP contribution in [0.25, 0.3) is 0 Å². The molecule has 0 aliphatic rings. The zero-order chi connectivity index (χ0) is 11.3. The van der Waals surface area contributed by atoms with Crippen LogP contribution in [0, 0.1) is 0 Å². The highest BCUT2D eigenvalue weighted by Gasteiger charge is 2.27. The fourth-order valence-corrected chi connectivity index (χ4v) is 2.07. The average molecular weight is 268 g/mol. The van der Waals surface area contributed by atoms with Crippen molar-refractivity contribution >= 4 is 40.6 Å². The van der Waals surface area contributed by atoms with Gasteiger partial charge >= 0.3 is 0 Å². The smallest absolute Gasteiger partial charge is 0.145 e. The van der Waals surface area contributed by atoms with Gasteiger partial charge in [0.25, 0.3) is 0 Å². The molecular formula is C10H13Cl3N2. The number of anilines is 1. The summed E-state index contributed by atoms with van der Waals surface area (Å²) < 4.78 is 0. The van der Waals surface area contributed by atoms with Crippen molar-refractivity contribution in [3.63, 3.8) is 0 Å². The maximum absolute atomic E-state index is 5.99. The fourth-order valence-electron chi connectivity index (χ4n) is 1.11. The van der Waals surface area contributed by atoms with Crippen molar-refractivity contribution in [1.29, 1.82) is 0 Å². The number of hydrogen-bond donors (Lipinski definition) is 1. The first-order chi connectivity index (χ1) is 7.17. The average Bonchev–Trinajstić information content (AvgIpc) is 2.29. The van der Waals surface area contributed by atoms with E-state index in [9.17, 15) is 0 Å². The number of halogens is 3. The van der Waals surface area contributed by atoms with Gasteiger partial charge in [0, 0.05) is 18.0 Å². The molecule has 1 N–H and O–H groups in total. The van der Waals surface area contributed by atoms with Crippen molar-refractivity contribution in [2.45, 2.75) is 18.9 Å². The molecule has 0 amide bonds. The molecule has 0 radical (unpaired) electrons. The Hall–Kier alpha value is -0.180. The van der Waals surface area contributed by atoms with Gasteiger partial charge in [0.2, 0.25) is 0 Å². The maximum atomic E-state index is 5.99. The molecule has 0 aromatic carbocycles. The van der Waals surface area contributed by atoms with Gasteiger partial charge in [-0.3, -0.25) is 0 Å². The zero-order valence-corrected chi connectivity index (χ0v) is 10.7. The van der Waals surface area contributed by atoms with Crippen LogP contribution in [0.4, 0.5) is 5.82 Å². The lowest BCUT2D eigenvalue weighted by molar-refractivity contribution is 0.558. The van der Waals surface area contributed by atoms with E-state index < -0.39 is 0 Å². The van der Waals surface area contributed by atoms with Gasteiger partial charge in [0.05, 0.1) is 10.6 Å². The Balaban J connectivity index is 2.88. The Morgan fingerprint density at radius 1 is 1.40 bits per heavy atom. The first-order valence-corrected chi connectivity index (χ1v) is 6.13. The van der Waals surface area contributed by atoms with Gasteiger partial charge < -0.3 is 5.32 Å². The third-order valence-corrected chi connectivity index (χ3v) is 3.66. The number of rotatable bonds is 5. The largest absolute Gasteiger partial charge is 0.361 e. The van der Waals surface area contributed by atoms with Gasteiger partial charge in [-0.1, -0.05) is 18.5 Å². The molecule has 0 aliphatic carbocycles. The Morgan fingerprint density at radius 2 is 2.07 bits per heavy atom. The van der Waals surface area contributed by atoms with E-state index in [0.717, 1.165) is 6.42 Å². The van der Waals surface area contributed by atoms with E-state index in [0.29, 0.717) is 22.6 Å². The molecule has 15 heavy (non-hydrogen) atoms. The van der Waals surface area contributed by atoms with Gasteiger partial charge in [0.15, 0.2) is 0 Å². The van der Waals surface area contributed by atoms with Crippen LogP contribution in [0.1, 0.15) is 13.3 Å². The van der Waals surface area contributed by atoms with Gasteiger partial charge in [-0.2, -0.15) is 0 Å². The lowest BCUT2D eigenvalue weighted by Crippen LogP contribution is -2.42. The van der Waals surface area contributed by atoms with Gasteiger partial charge in [0.1, 0.15) is 5.82 Å². The van der Waals surface area contributed by atoms with Crippen LogP contribution in [0.5, 0.6) is 0 Å². The molecule has 2 nitrogen and oxygen atoms in total. The molecule has 1 heterocycles. The molecule has 1 aromatic heterocycles. The molecule has 0 bridgehead atoms. The molecule has 0 fully saturated rings. The van der Waals surface area contributed by atoms with Crippen LogP contribution in [0.2, 0.25) is 5.02 Å². The Labute approximate surface area is 105 Å². The summed E-state index contributed by atoms with van der Waals surface area (Å²) in [7, 11) is 0. The summed E-state index contributed by atoms with van der Waals surface area (Å²) in [5.41, 5.74) is -0.346. The molecule has 0 spiro atoms. The molecule has 1 rings (SSSR count). The Morgan fingerprint density at radius 3 is 2.53 bits per heavy atom. The molecular weight excluding hydrogens is 254 g/mol. The van der Waals surface area contributed by atoms with Crippen molar-refractivity contribution in [1.82, 2.24) is 4.98 Å². The lowest BCUT2D eigenvalue weighted by Gasteiger charge is -2.30. The van der Waals surface area contributed by atoms with Gasteiger partial charge in [-0.05, 0) is 18.6 Å². The third-order valence-electron chi connectivity index (χ3n) is 2.33. The Kier molecular flexibility index (Phi) is 4.97. The second-order valence-electron chi connectivity index (χ2n) is 3.36. The van der Waals surface area contributed by atoms with E-state index in [-0.39, 0.29) is 5.54 Å². The van der Waals surface area contributed by atoms with E-state index in [4.69, 9.17) is 34.8 Å². The van der Waals surface area contributed by atoms with Crippen molar-refractivity contribution in [2.75, 3.05) is 17.1 Å². The maximum Gasteiger partial charge on any atom is 0.145 e. The van der Waals surface area contributed by atoms with E-state index in [1.807, 2.05) is 6.92 Å². The number of pyridine rings is 1. The fraction of sp³-hybridized carbons (Fsp3) is 0.500. The van der Waals surface area contributed by atoms with Crippen molar-refractivity contribution < 1.29 is 0 Å². The van der Waals surface area contributed by atoms with Crippen LogP contribution in [-0.4, -0.2) is 22.3 Å². The van der Waals surface area contributed by atoms with Crippen LogP contribution >= 0.6 is 34.8 Å². The minimum atomic E-state index is -0.346. The van der Waals surface area contributed by atoms with E-state index >= 15 is 0 Å². The number of nitrogens with one attached hydrogen (secondary N) is 1. The van der Waals surface area contributed by atoms with Gasteiger partial charge in [-0.25, -0.2) is 4.98 Å². The summed E-state index contributed by atoms with van der Waals surface area (Å²) in [6, 6.07) is 3.56. The summed E-state index contributed by atoms with van der Waals surface area (Å²) in [4.78, 5) is 4.15. The van der Waals surface area contributed by atoms with E-state index in [1.54, 1.807) is 18.3 Å². The standard InChI is InChI=1S/C10H13Cl3N2/c1-2-10(6-11,7-12)15-9-8(13)4-3-5-14-9/h3-5H,2,6-7H2,1H3,(H,14,15). The third kappa shape index (κ3) is 3.13. The zero-order valence-electron chi connectivity index (χ0n) is 8.43. The summed E-state index contributed by atoms with van der Waals surface area (Å²) in [6.45, 7) is 2.02. The second-order valence-corrected chi connectivity index (χ2v) is 4.30.